The largest absolute Gasteiger partial charge is 0.383 e. The zero-order valence-electron chi connectivity index (χ0n) is 12.1. The number of hydrazine groups is 1. The predicted molar refractivity (Wildman–Crippen MR) is 78.9 cm³/mol. The van der Waals surface area contributed by atoms with Gasteiger partial charge in [0.2, 0.25) is 0 Å². The van der Waals surface area contributed by atoms with E-state index in [1.54, 1.807) is 0 Å². The summed E-state index contributed by atoms with van der Waals surface area (Å²) in [6.07, 6.45) is 1.59. The second-order valence-corrected chi connectivity index (χ2v) is 4.55. The molecule has 0 radical (unpaired) electrons. The smallest absolute Gasteiger partial charge is 0.282 e. The molecule has 0 aromatic heterocycles. The number of hydrogen-bond acceptors (Lipinski definition) is 6. The second kappa shape index (κ2) is 8.18. The molecule has 0 saturated heterocycles. The number of carbonyl (C=O) groups is 1. The maximum absolute atomic E-state index is 12.3. The van der Waals surface area contributed by atoms with E-state index in [0.717, 1.165) is 12.8 Å². The zero-order chi connectivity index (χ0) is 15.8. The van der Waals surface area contributed by atoms with Crippen molar-refractivity contribution < 1.29 is 14.5 Å². The number of nitrogens with one attached hydrogen (secondary N) is 2. The minimum Gasteiger partial charge on any atom is -0.383 e. The first-order chi connectivity index (χ1) is 10.0. The minimum atomic E-state index is -0.597. The van der Waals surface area contributed by atoms with Crippen molar-refractivity contribution in [2.75, 3.05) is 19.1 Å². The number of carbonyl (C=O) groups excluding carboxylic acids is 1. The highest BCUT2D eigenvalue weighted by Gasteiger charge is 2.22. The first kappa shape index (κ1) is 16.9. The number of methoxy groups -OCH3 is 1. The van der Waals surface area contributed by atoms with E-state index in [1.165, 1.54) is 25.3 Å². The normalized spacial score (nSPS) is 11.8. The Morgan fingerprint density at radius 3 is 2.76 bits per heavy atom. The third-order valence-corrected chi connectivity index (χ3v) is 2.94. The summed E-state index contributed by atoms with van der Waals surface area (Å²) in [4.78, 5) is 22.7. The topological polar surface area (TPSA) is 120 Å². The Labute approximate surface area is 122 Å². The molecular weight excluding hydrogens is 276 g/mol. The van der Waals surface area contributed by atoms with Crippen molar-refractivity contribution in [2.24, 2.45) is 5.84 Å². The maximum Gasteiger partial charge on any atom is 0.282 e. The zero-order valence-corrected chi connectivity index (χ0v) is 12.1. The van der Waals surface area contributed by atoms with E-state index in [0.29, 0.717) is 12.3 Å². The van der Waals surface area contributed by atoms with Crippen LogP contribution in [-0.2, 0) is 4.74 Å². The SMILES string of the molecule is CCCC(COC)NC(=O)c1cc(NN)ccc1[N+](=O)[O-]. The van der Waals surface area contributed by atoms with Crippen LogP contribution in [0.15, 0.2) is 18.2 Å². The van der Waals surface area contributed by atoms with Crippen molar-refractivity contribution in [3.8, 4) is 0 Å². The highest BCUT2D eigenvalue weighted by Crippen LogP contribution is 2.22. The number of nitrogens with two attached hydrogens (primary N) is 1. The molecular formula is C13H20N4O4. The Morgan fingerprint density at radius 2 is 2.24 bits per heavy atom. The number of amides is 1. The number of hydrogen-bond donors (Lipinski definition) is 3. The molecule has 1 unspecified atom stereocenters. The van der Waals surface area contributed by atoms with Crippen LogP contribution in [0.5, 0.6) is 0 Å². The summed E-state index contributed by atoms with van der Waals surface area (Å²) >= 11 is 0. The molecule has 0 aliphatic carbocycles. The molecule has 0 spiro atoms. The molecule has 0 heterocycles. The predicted octanol–water partition coefficient (Wildman–Crippen LogP) is 1.43. The highest BCUT2D eigenvalue weighted by atomic mass is 16.6. The van der Waals surface area contributed by atoms with Crippen molar-refractivity contribution >= 4 is 17.3 Å². The van der Waals surface area contributed by atoms with Crippen LogP contribution in [0, 0.1) is 10.1 Å². The minimum absolute atomic E-state index is 0.0346. The van der Waals surface area contributed by atoms with Gasteiger partial charge in [0.05, 0.1) is 17.6 Å². The molecule has 0 bridgehead atoms. The number of nitrogen functional groups attached to an aromatic ring is 1. The van der Waals surface area contributed by atoms with Gasteiger partial charge in [-0.15, -0.1) is 0 Å². The number of rotatable bonds is 8. The van der Waals surface area contributed by atoms with Crippen molar-refractivity contribution in [2.45, 2.75) is 25.8 Å². The number of nitrogens with zero attached hydrogens (tertiary/aromatic N) is 1. The van der Waals surface area contributed by atoms with Gasteiger partial charge in [0.1, 0.15) is 5.56 Å². The number of anilines is 1. The lowest BCUT2D eigenvalue weighted by atomic mass is 10.1. The standard InChI is InChI=1S/C13H20N4O4/c1-3-4-10(8-21-2)15-13(18)11-7-9(16-14)5-6-12(11)17(19)20/h5-7,10,16H,3-4,8,14H2,1-2H3,(H,15,18). The monoisotopic (exact) mass is 296 g/mol. The van der Waals surface area contributed by atoms with Crippen LogP contribution in [-0.4, -0.2) is 30.6 Å². The van der Waals surface area contributed by atoms with Crippen molar-refractivity contribution in [1.82, 2.24) is 5.32 Å². The lowest BCUT2D eigenvalue weighted by molar-refractivity contribution is -0.385. The number of nitro groups is 1. The fourth-order valence-corrected chi connectivity index (χ4v) is 1.98. The van der Waals surface area contributed by atoms with E-state index >= 15 is 0 Å². The van der Waals surface area contributed by atoms with E-state index < -0.39 is 10.8 Å². The molecule has 1 aromatic carbocycles. The van der Waals surface area contributed by atoms with Crippen LogP contribution < -0.4 is 16.6 Å². The van der Waals surface area contributed by atoms with Crippen molar-refractivity contribution in [1.29, 1.82) is 0 Å². The van der Waals surface area contributed by atoms with Gasteiger partial charge < -0.3 is 15.5 Å². The maximum atomic E-state index is 12.3. The van der Waals surface area contributed by atoms with Crippen LogP contribution in [0.2, 0.25) is 0 Å². The van der Waals surface area contributed by atoms with Gasteiger partial charge in [-0.1, -0.05) is 13.3 Å². The molecule has 21 heavy (non-hydrogen) atoms. The summed E-state index contributed by atoms with van der Waals surface area (Å²) in [5.41, 5.74) is 2.49. The fourth-order valence-electron chi connectivity index (χ4n) is 1.98. The Balaban J connectivity index is 3.01. The van der Waals surface area contributed by atoms with Gasteiger partial charge in [0, 0.05) is 18.9 Å². The third kappa shape index (κ3) is 4.69. The molecule has 4 N–H and O–H groups in total. The number of benzene rings is 1. The van der Waals surface area contributed by atoms with E-state index in [1.807, 2.05) is 6.92 Å². The first-order valence-corrected chi connectivity index (χ1v) is 6.58. The highest BCUT2D eigenvalue weighted by molar-refractivity contribution is 5.99. The van der Waals surface area contributed by atoms with E-state index in [9.17, 15) is 14.9 Å². The average Bonchev–Trinajstić information content (AvgIpc) is 2.46. The Kier molecular flexibility index (Phi) is 6.57. The van der Waals surface area contributed by atoms with Gasteiger partial charge in [-0.3, -0.25) is 20.8 Å². The Bertz CT molecular complexity index is 501. The number of nitro benzene ring substituents is 1. The van der Waals surface area contributed by atoms with Crippen molar-refractivity contribution in [3.63, 3.8) is 0 Å². The molecule has 116 valence electrons. The van der Waals surface area contributed by atoms with Gasteiger partial charge in [0.15, 0.2) is 0 Å². The lowest BCUT2D eigenvalue weighted by Gasteiger charge is -2.17. The summed E-state index contributed by atoms with van der Waals surface area (Å²) in [5, 5.41) is 13.8. The van der Waals surface area contributed by atoms with Crippen LogP contribution >= 0.6 is 0 Å². The average molecular weight is 296 g/mol. The van der Waals surface area contributed by atoms with E-state index in [-0.39, 0.29) is 17.3 Å². The van der Waals surface area contributed by atoms with Gasteiger partial charge in [0.25, 0.3) is 11.6 Å². The van der Waals surface area contributed by atoms with Gasteiger partial charge >= 0.3 is 0 Å². The summed E-state index contributed by atoms with van der Waals surface area (Å²) in [6, 6.07) is 3.84. The summed E-state index contributed by atoms with van der Waals surface area (Å²) in [7, 11) is 1.54. The quantitative estimate of drug-likeness (QED) is 0.379. The second-order valence-electron chi connectivity index (χ2n) is 4.55. The first-order valence-electron chi connectivity index (χ1n) is 6.58. The van der Waals surface area contributed by atoms with Gasteiger partial charge in [-0.05, 0) is 18.6 Å². The van der Waals surface area contributed by atoms with Crippen molar-refractivity contribution in [3.05, 3.63) is 33.9 Å². The molecule has 1 atom stereocenters. The van der Waals surface area contributed by atoms with Crippen LogP contribution in [0.1, 0.15) is 30.1 Å². The van der Waals surface area contributed by atoms with Crippen LogP contribution in [0.4, 0.5) is 11.4 Å². The Hall–Kier alpha value is -2.19. The molecule has 0 saturated carbocycles. The van der Waals surface area contributed by atoms with Crippen LogP contribution in [0.25, 0.3) is 0 Å². The molecule has 0 fully saturated rings. The van der Waals surface area contributed by atoms with Crippen LogP contribution in [0.3, 0.4) is 0 Å². The fraction of sp³-hybridized carbons (Fsp3) is 0.462. The molecule has 1 amide bonds. The molecule has 8 heteroatoms. The summed E-state index contributed by atoms with van der Waals surface area (Å²) in [5.74, 6) is 4.75. The van der Waals surface area contributed by atoms with Gasteiger partial charge in [-0.2, -0.15) is 0 Å². The van der Waals surface area contributed by atoms with Gasteiger partial charge in [-0.25, -0.2) is 0 Å². The lowest BCUT2D eigenvalue weighted by Crippen LogP contribution is -2.38. The van der Waals surface area contributed by atoms with E-state index in [4.69, 9.17) is 10.6 Å². The molecule has 8 nitrogen and oxygen atoms in total. The molecule has 1 aromatic rings. The summed E-state index contributed by atoms with van der Waals surface area (Å²) < 4.78 is 5.03. The summed E-state index contributed by atoms with van der Waals surface area (Å²) in [6.45, 7) is 2.33. The van der Waals surface area contributed by atoms with E-state index in [2.05, 4.69) is 10.7 Å². The number of ether oxygens (including phenoxy) is 1. The third-order valence-electron chi connectivity index (χ3n) is 2.94. The molecule has 1 rings (SSSR count). The molecule has 0 aliphatic heterocycles. The Morgan fingerprint density at radius 1 is 1.52 bits per heavy atom. The molecule has 0 aliphatic rings.